The lowest BCUT2D eigenvalue weighted by atomic mass is 10.0. The van der Waals surface area contributed by atoms with Gasteiger partial charge in [-0.3, -0.25) is 9.69 Å². The third-order valence-corrected chi connectivity index (χ3v) is 3.89. The van der Waals surface area contributed by atoms with Gasteiger partial charge in [-0.15, -0.1) is 0 Å². The van der Waals surface area contributed by atoms with Gasteiger partial charge in [-0.2, -0.15) is 0 Å². The summed E-state index contributed by atoms with van der Waals surface area (Å²) in [4.78, 5) is 13.5. The minimum Gasteiger partial charge on any atom is -0.497 e. The van der Waals surface area contributed by atoms with Crippen LogP contribution >= 0.6 is 0 Å². The smallest absolute Gasteiger partial charge is 0.233 e. The van der Waals surface area contributed by atoms with Crippen molar-refractivity contribution in [2.75, 3.05) is 33.2 Å². The van der Waals surface area contributed by atoms with Crippen molar-refractivity contribution >= 4 is 5.91 Å². The second kappa shape index (κ2) is 7.50. The van der Waals surface area contributed by atoms with E-state index in [4.69, 9.17) is 4.74 Å². The van der Waals surface area contributed by atoms with Crippen LogP contribution in [0.2, 0.25) is 0 Å². The zero-order chi connectivity index (χ0) is 13.5. The van der Waals surface area contributed by atoms with E-state index in [0.29, 0.717) is 18.7 Å². The van der Waals surface area contributed by atoms with E-state index < -0.39 is 0 Å². The summed E-state index contributed by atoms with van der Waals surface area (Å²) >= 11 is 0. The predicted molar refractivity (Wildman–Crippen MR) is 74.8 cm³/mol. The SMILES string of the molecule is CNC(=O)CN1CCC(NCC2CCC=CO2)CC1. The molecule has 1 atom stereocenters. The first-order valence-corrected chi connectivity index (χ1v) is 7.24. The normalized spacial score (nSPS) is 25.0. The number of hydrogen-bond donors (Lipinski definition) is 2. The van der Waals surface area contributed by atoms with Crippen LogP contribution in [-0.4, -0.2) is 56.2 Å². The number of allylic oxidation sites excluding steroid dienone is 1. The molecule has 0 spiro atoms. The van der Waals surface area contributed by atoms with Crippen molar-refractivity contribution in [1.82, 2.24) is 15.5 Å². The molecule has 0 radical (unpaired) electrons. The highest BCUT2D eigenvalue weighted by atomic mass is 16.5. The van der Waals surface area contributed by atoms with Crippen LogP contribution in [0.15, 0.2) is 12.3 Å². The molecule has 5 heteroatoms. The third kappa shape index (κ3) is 4.84. The second-order valence-corrected chi connectivity index (χ2v) is 5.34. The fraction of sp³-hybridized carbons (Fsp3) is 0.786. The molecule has 1 fully saturated rings. The number of rotatable bonds is 5. The second-order valence-electron chi connectivity index (χ2n) is 5.34. The lowest BCUT2D eigenvalue weighted by molar-refractivity contribution is -0.122. The molecule has 19 heavy (non-hydrogen) atoms. The van der Waals surface area contributed by atoms with Crippen LogP contribution in [0.4, 0.5) is 0 Å². The molecule has 0 aromatic carbocycles. The van der Waals surface area contributed by atoms with E-state index in [1.807, 2.05) is 6.26 Å². The Labute approximate surface area is 115 Å². The van der Waals surface area contributed by atoms with Crippen molar-refractivity contribution in [3.8, 4) is 0 Å². The number of likely N-dealkylation sites (tertiary alicyclic amines) is 1. The maximum atomic E-state index is 11.3. The van der Waals surface area contributed by atoms with Gasteiger partial charge >= 0.3 is 0 Å². The first-order chi connectivity index (χ1) is 9.28. The highest BCUT2D eigenvalue weighted by molar-refractivity contribution is 5.77. The molecule has 0 aromatic heterocycles. The van der Waals surface area contributed by atoms with E-state index >= 15 is 0 Å². The van der Waals surface area contributed by atoms with Gasteiger partial charge in [0.15, 0.2) is 0 Å². The Hall–Kier alpha value is -1.07. The van der Waals surface area contributed by atoms with Crippen LogP contribution in [0.5, 0.6) is 0 Å². The molecule has 2 rings (SSSR count). The number of hydrogen-bond acceptors (Lipinski definition) is 4. The van der Waals surface area contributed by atoms with Gasteiger partial charge in [-0.25, -0.2) is 0 Å². The minimum atomic E-state index is 0.105. The number of amides is 1. The zero-order valence-corrected chi connectivity index (χ0v) is 11.7. The molecule has 1 amide bonds. The van der Waals surface area contributed by atoms with Crippen LogP contribution in [0.25, 0.3) is 0 Å². The Morgan fingerprint density at radius 3 is 2.79 bits per heavy atom. The van der Waals surface area contributed by atoms with Gasteiger partial charge in [-0.1, -0.05) is 0 Å². The van der Waals surface area contributed by atoms with Gasteiger partial charge < -0.3 is 15.4 Å². The number of piperidine rings is 1. The molecule has 0 bridgehead atoms. The molecule has 0 saturated carbocycles. The van der Waals surface area contributed by atoms with Gasteiger partial charge in [0.1, 0.15) is 6.10 Å². The Balaban J connectivity index is 1.60. The van der Waals surface area contributed by atoms with E-state index in [2.05, 4.69) is 21.6 Å². The lowest BCUT2D eigenvalue weighted by Crippen LogP contribution is -2.47. The van der Waals surface area contributed by atoms with Gasteiger partial charge in [0, 0.05) is 32.7 Å². The Kier molecular flexibility index (Phi) is 5.66. The predicted octanol–water partition coefficient (Wildman–Crippen LogP) is 0.479. The lowest BCUT2D eigenvalue weighted by Gasteiger charge is -2.32. The van der Waals surface area contributed by atoms with Crippen molar-refractivity contribution in [2.45, 2.75) is 37.8 Å². The Morgan fingerprint density at radius 2 is 2.16 bits per heavy atom. The first-order valence-electron chi connectivity index (χ1n) is 7.24. The maximum absolute atomic E-state index is 11.3. The van der Waals surface area contributed by atoms with Crippen LogP contribution in [0, 0.1) is 0 Å². The van der Waals surface area contributed by atoms with Gasteiger partial charge in [-0.05, 0) is 31.8 Å². The molecular formula is C14H25N3O2. The van der Waals surface area contributed by atoms with Crippen molar-refractivity contribution in [3.63, 3.8) is 0 Å². The zero-order valence-electron chi connectivity index (χ0n) is 11.7. The maximum Gasteiger partial charge on any atom is 0.233 e. The molecule has 1 saturated heterocycles. The first kappa shape index (κ1) is 14.3. The highest BCUT2D eigenvalue weighted by Crippen LogP contribution is 2.12. The average Bonchev–Trinajstić information content (AvgIpc) is 2.47. The molecule has 2 aliphatic heterocycles. The number of nitrogens with one attached hydrogen (secondary N) is 2. The standard InChI is InChI=1S/C14H25N3O2/c1-15-14(18)11-17-7-5-12(6-8-17)16-10-13-4-2-3-9-19-13/h3,9,12-13,16H,2,4-8,10-11H2,1H3,(H,15,18). The molecular weight excluding hydrogens is 242 g/mol. The fourth-order valence-electron chi connectivity index (χ4n) is 2.61. The molecule has 5 nitrogen and oxygen atoms in total. The largest absolute Gasteiger partial charge is 0.497 e. The fourth-order valence-corrected chi connectivity index (χ4v) is 2.61. The third-order valence-electron chi connectivity index (χ3n) is 3.89. The summed E-state index contributed by atoms with van der Waals surface area (Å²) in [6.45, 7) is 3.46. The summed E-state index contributed by atoms with van der Waals surface area (Å²) in [6, 6.07) is 0.565. The van der Waals surface area contributed by atoms with Crippen LogP contribution < -0.4 is 10.6 Å². The quantitative estimate of drug-likeness (QED) is 0.761. The van der Waals surface area contributed by atoms with Crippen molar-refractivity contribution < 1.29 is 9.53 Å². The van der Waals surface area contributed by atoms with Gasteiger partial charge in [0.2, 0.25) is 5.91 Å². The van der Waals surface area contributed by atoms with Crippen LogP contribution in [0.3, 0.4) is 0 Å². The Bertz CT molecular complexity index is 312. The van der Waals surface area contributed by atoms with Crippen molar-refractivity contribution in [3.05, 3.63) is 12.3 Å². The molecule has 2 heterocycles. The van der Waals surface area contributed by atoms with E-state index in [9.17, 15) is 4.79 Å². The van der Waals surface area contributed by atoms with E-state index in [0.717, 1.165) is 45.3 Å². The monoisotopic (exact) mass is 267 g/mol. The summed E-state index contributed by atoms with van der Waals surface area (Å²) < 4.78 is 5.55. The summed E-state index contributed by atoms with van der Waals surface area (Å²) in [6.07, 6.45) is 8.68. The topological polar surface area (TPSA) is 53.6 Å². The summed E-state index contributed by atoms with van der Waals surface area (Å²) in [5, 5.41) is 6.27. The number of nitrogens with zero attached hydrogens (tertiary/aromatic N) is 1. The number of ether oxygens (including phenoxy) is 1. The van der Waals surface area contributed by atoms with Crippen molar-refractivity contribution in [1.29, 1.82) is 0 Å². The molecule has 2 aliphatic rings. The number of carbonyl (C=O) groups is 1. The molecule has 0 aromatic rings. The molecule has 0 aliphatic carbocycles. The van der Waals surface area contributed by atoms with E-state index in [-0.39, 0.29) is 5.91 Å². The summed E-state index contributed by atoms with van der Waals surface area (Å²) in [5.41, 5.74) is 0. The van der Waals surface area contributed by atoms with Gasteiger partial charge in [0.25, 0.3) is 0 Å². The van der Waals surface area contributed by atoms with Gasteiger partial charge in [0.05, 0.1) is 12.8 Å². The Morgan fingerprint density at radius 1 is 1.37 bits per heavy atom. The van der Waals surface area contributed by atoms with Crippen LogP contribution in [-0.2, 0) is 9.53 Å². The number of carbonyl (C=O) groups excluding carboxylic acids is 1. The molecule has 108 valence electrons. The highest BCUT2D eigenvalue weighted by Gasteiger charge is 2.21. The molecule has 1 unspecified atom stereocenters. The number of likely N-dealkylation sites (N-methyl/N-ethyl adjacent to an activating group) is 1. The summed E-state index contributed by atoms with van der Waals surface area (Å²) in [7, 11) is 1.69. The van der Waals surface area contributed by atoms with E-state index in [1.165, 1.54) is 0 Å². The average molecular weight is 267 g/mol. The summed E-state index contributed by atoms with van der Waals surface area (Å²) in [5.74, 6) is 0.105. The minimum absolute atomic E-state index is 0.105. The van der Waals surface area contributed by atoms with Crippen LogP contribution in [0.1, 0.15) is 25.7 Å². The van der Waals surface area contributed by atoms with E-state index in [1.54, 1.807) is 7.05 Å². The van der Waals surface area contributed by atoms with Crippen molar-refractivity contribution in [2.24, 2.45) is 0 Å². The molecule has 2 N–H and O–H groups in total.